The summed E-state index contributed by atoms with van der Waals surface area (Å²) in [7, 11) is 0. The molecule has 5 heterocycles. The number of hydrogen-bond acceptors (Lipinski definition) is 17. The van der Waals surface area contributed by atoms with Gasteiger partial charge in [0.1, 0.15) is 24.4 Å². The molecule has 5 aromatic rings. The fourth-order valence-corrected chi connectivity index (χ4v) is 8.98. The van der Waals surface area contributed by atoms with E-state index in [2.05, 4.69) is 42.3 Å². The Morgan fingerprint density at radius 3 is 2.17 bits per heavy atom. The lowest BCUT2D eigenvalue weighted by Gasteiger charge is -2.25. The number of fused-ring (bicyclic) bond motifs is 2. The number of anilines is 1. The zero-order valence-electron chi connectivity index (χ0n) is 47.2. The summed E-state index contributed by atoms with van der Waals surface area (Å²) in [5, 5.41) is 18.5. The predicted molar refractivity (Wildman–Crippen MR) is 304 cm³/mol. The van der Waals surface area contributed by atoms with Crippen molar-refractivity contribution in [2.75, 3.05) is 84.4 Å². The molecule has 444 valence electrons. The van der Waals surface area contributed by atoms with Gasteiger partial charge in [-0.25, -0.2) is 19.6 Å². The third-order valence-electron chi connectivity index (χ3n) is 13.3. The van der Waals surface area contributed by atoms with Gasteiger partial charge in [0.25, 0.3) is 11.8 Å². The maximum Gasteiger partial charge on any atom is 0.407 e. The number of aryl methyl sites for hydroxylation is 2. The van der Waals surface area contributed by atoms with Gasteiger partial charge in [-0.05, 0) is 98.9 Å². The minimum atomic E-state index is -1.05. The largest absolute Gasteiger partial charge is 0.477 e. The molecule has 0 unspecified atom stereocenters. The van der Waals surface area contributed by atoms with E-state index in [0.717, 1.165) is 58.0 Å². The lowest BCUT2D eigenvalue weighted by molar-refractivity contribution is -0.137. The van der Waals surface area contributed by atoms with Crippen molar-refractivity contribution < 1.29 is 62.0 Å². The van der Waals surface area contributed by atoms with Gasteiger partial charge in [-0.1, -0.05) is 38.1 Å². The van der Waals surface area contributed by atoms with Gasteiger partial charge in [-0.3, -0.25) is 38.5 Å². The molecule has 2 atom stereocenters. The van der Waals surface area contributed by atoms with E-state index in [4.69, 9.17) is 49.2 Å². The average Bonchev–Trinajstić information content (AvgIpc) is 4.18. The number of nitrogens with zero attached hydrogens (tertiary/aromatic N) is 6. The number of pyridine rings is 1. The van der Waals surface area contributed by atoms with Gasteiger partial charge in [0, 0.05) is 60.8 Å². The van der Waals surface area contributed by atoms with E-state index in [-0.39, 0.29) is 76.7 Å². The number of imide groups is 1. The zero-order chi connectivity index (χ0) is 58.9. The lowest BCUT2D eigenvalue weighted by Crippen LogP contribution is -2.54. The van der Waals surface area contributed by atoms with Crippen LogP contribution in [-0.4, -0.2) is 162 Å². The van der Waals surface area contributed by atoms with Crippen LogP contribution in [0.2, 0.25) is 0 Å². The van der Waals surface area contributed by atoms with Crippen LogP contribution in [0.1, 0.15) is 69.3 Å². The first-order valence-electron chi connectivity index (χ1n) is 27.9. The maximum absolute atomic E-state index is 13.6. The van der Waals surface area contributed by atoms with Crippen molar-refractivity contribution in [3.63, 3.8) is 0 Å². The molecule has 2 aliphatic heterocycles. The Morgan fingerprint density at radius 1 is 0.747 bits per heavy atom. The molecule has 2 aliphatic rings. The summed E-state index contributed by atoms with van der Waals surface area (Å²) in [6, 6.07) is 15.9. The number of nitrogens with one attached hydrogen (secondary N) is 5. The summed E-state index contributed by atoms with van der Waals surface area (Å²) < 4.78 is 35.3. The smallest absolute Gasteiger partial charge is 0.407 e. The van der Waals surface area contributed by atoms with E-state index in [0.29, 0.717) is 81.5 Å². The van der Waals surface area contributed by atoms with E-state index < -0.39 is 41.9 Å². The standard InChI is InChI=1S/C58H74N12O13/c1-38(2)53(67-48(71)21-27-78-29-31-80-33-34-81-32-30-79-28-25-69-50(72)19-20-51(69)73)56(75)66-45(11-7-23-60-57(59)76)55(74)64-42-16-13-40(14-17-42)37-83-58(77)61-22-4-5-26-82-49-36-62-43-18-15-41(35-46(43)65-49)52-47-12-8-24-70(47)68-54(52)44-10-6-9-39(3)63-44/h6,9-10,13-20,35-36,38,45,53H,4-5,7-8,11-12,21-34,37H2,1-3H3,(H,61,77)(H,64,74)(H,66,75)(H,67,71)(H3,59,60,76)/t45-,53-/m0/s1. The highest BCUT2D eigenvalue weighted by molar-refractivity contribution is 6.12. The van der Waals surface area contributed by atoms with Gasteiger partial charge in [0.15, 0.2) is 0 Å². The Labute approximate surface area is 481 Å². The van der Waals surface area contributed by atoms with Crippen molar-refractivity contribution in [1.82, 2.24) is 50.9 Å². The number of unbranched alkanes of at least 4 members (excludes halogenated alkanes) is 1. The second kappa shape index (κ2) is 32.3. The molecule has 83 heavy (non-hydrogen) atoms. The molecule has 0 spiro atoms. The topological polar surface area (TPSA) is 321 Å². The number of primary amides is 1. The molecule has 0 aliphatic carbocycles. The van der Waals surface area contributed by atoms with E-state index >= 15 is 0 Å². The number of nitrogens with two attached hydrogens (primary N) is 1. The highest BCUT2D eigenvalue weighted by Gasteiger charge is 2.30. The van der Waals surface area contributed by atoms with Crippen LogP contribution >= 0.6 is 0 Å². The monoisotopic (exact) mass is 1150 g/mol. The van der Waals surface area contributed by atoms with Crippen LogP contribution in [-0.2, 0) is 67.2 Å². The van der Waals surface area contributed by atoms with Crippen molar-refractivity contribution >= 4 is 58.4 Å². The molecule has 0 bridgehead atoms. The normalized spacial score (nSPS) is 13.5. The van der Waals surface area contributed by atoms with Crippen molar-refractivity contribution in [3.05, 3.63) is 96.0 Å². The molecular formula is C58H74N12O13. The third kappa shape index (κ3) is 19.6. The molecule has 0 fully saturated rings. The first-order valence-corrected chi connectivity index (χ1v) is 27.9. The number of rotatable bonds is 35. The Hall–Kier alpha value is -8.39. The first-order chi connectivity index (χ1) is 40.2. The van der Waals surface area contributed by atoms with Gasteiger partial charge < -0.3 is 60.7 Å². The van der Waals surface area contributed by atoms with Crippen molar-refractivity contribution in [1.29, 1.82) is 0 Å². The van der Waals surface area contributed by atoms with E-state index in [1.807, 2.05) is 37.3 Å². The zero-order valence-corrected chi connectivity index (χ0v) is 47.2. The van der Waals surface area contributed by atoms with E-state index in [1.165, 1.54) is 17.8 Å². The maximum atomic E-state index is 13.6. The van der Waals surface area contributed by atoms with Crippen molar-refractivity contribution in [3.8, 4) is 28.4 Å². The van der Waals surface area contributed by atoms with Crippen LogP contribution in [0.15, 0.2) is 79.0 Å². The van der Waals surface area contributed by atoms with Crippen LogP contribution in [0, 0.1) is 12.8 Å². The van der Waals surface area contributed by atoms with Gasteiger partial charge in [0.2, 0.25) is 23.6 Å². The van der Waals surface area contributed by atoms with Crippen LogP contribution in [0.3, 0.4) is 0 Å². The summed E-state index contributed by atoms with van der Waals surface area (Å²) in [5.74, 6) is -2.18. The van der Waals surface area contributed by atoms with Gasteiger partial charge in [-0.15, -0.1) is 0 Å². The SMILES string of the molecule is Cc1cccc(-c2nn3c(c2-c2ccc4ncc(OCCCCNC(=O)OCc5ccc(NC(=O)[C@H](CCCNC(N)=O)NC(=O)[C@@H](NC(=O)CCOCCOCCOCCOCCN6C(=O)C=CC6=O)C(C)C)cc5)nc4c2)CCC3)n1. The molecular weight excluding hydrogens is 1070 g/mol. The predicted octanol–water partition coefficient (Wildman–Crippen LogP) is 4.29. The fourth-order valence-electron chi connectivity index (χ4n) is 8.98. The van der Waals surface area contributed by atoms with Crippen molar-refractivity contribution in [2.24, 2.45) is 11.7 Å². The number of urea groups is 1. The Bertz CT molecular complexity index is 3020. The molecule has 3 aromatic heterocycles. The molecule has 25 nitrogen and oxygen atoms in total. The number of hydrogen-bond donors (Lipinski definition) is 6. The van der Waals surface area contributed by atoms with Gasteiger partial charge >= 0.3 is 12.1 Å². The quantitative estimate of drug-likeness (QED) is 0.0243. The summed E-state index contributed by atoms with van der Waals surface area (Å²) in [6.07, 6.45) is 7.11. The summed E-state index contributed by atoms with van der Waals surface area (Å²) >= 11 is 0. The number of aromatic nitrogens is 5. The van der Waals surface area contributed by atoms with Gasteiger partial charge in [0.05, 0.1) is 88.9 Å². The average molecular weight is 1150 g/mol. The Kier molecular flexibility index (Phi) is 24.2. The molecule has 0 radical (unpaired) electrons. The molecule has 25 heteroatoms. The number of benzene rings is 2. The molecule has 7 rings (SSSR count). The fraction of sp³-hybridized carbons (Fsp3) is 0.466. The summed E-state index contributed by atoms with van der Waals surface area (Å²) in [4.78, 5) is 102. The number of ether oxygens (including phenoxy) is 6. The molecule has 0 saturated heterocycles. The second-order valence-electron chi connectivity index (χ2n) is 20.0. The number of amides is 8. The minimum absolute atomic E-state index is 0.0280. The number of carbonyl (C=O) groups is 7. The molecule has 7 N–H and O–H groups in total. The Balaban J connectivity index is 0.766. The van der Waals surface area contributed by atoms with Crippen LogP contribution in [0.25, 0.3) is 33.5 Å². The summed E-state index contributed by atoms with van der Waals surface area (Å²) in [6.45, 7) is 9.40. The molecule has 0 saturated carbocycles. The van der Waals surface area contributed by atoms with Crippen LogP contribution < -0.4 is 37.1 Å². The second-order valence-corrected chi connectivity index (χ2v) is 20.0. The number of carbonyl (C=O) groups excluding carboxylic acids is 7. The number of alkyl carbamates (subject to hydrolysis) is 1. The molecule has 2 aromatic carbocycles. The highest BCUT2D eigenvalue weighted by atomic mass is 16.6. The lowest BCUT2D eigenvalue weighted by atomic mass is 9.99. The first kappa shape index (κ1) is 62.2. The van der Waals surface area contributed by atoms with E-state index in [1.54, 1.807) is 44.3 Å². The van der Waals surface area contributed by atoms with Crippen LogP contribution in [0.4, 0.5) is 15.3 Å². The van der Waals surface area contributed by atoms with Crippen molar-refractivity contribution in [2.45, 2.75) is 91.0 Å². The van der Waals surface area contributed by atoms with E-state index in [9.17, 15) is 33.6 Å². The molecule has 8 amide bonds. The minimum Gasteiger partial charge on any atom is -0.477 e. The Morgan fingerprint density at radius 2 is 1.46 bits per heavy atom. The third-order valence-corrected chi connectivity index (χ3v) is 13.3. The van der Waals surface area contributed by atoms with Crippen LogP contribution in [0.5, 0.6) is 5.88 Å². The highest BCUT2D eigenvalue weighted by Crippen LogP contribution is 2.38. The summed E-state index contributed by atoms with van der Waals surface area (Å²) in [5.41, 5.74) is 13.6. The van der Waals surface area contributed by atoms with Gasteiger partial charge in [-0.2, -0.15) is 5.10 Å².